The Morgan fingerprint density at radius 3 is 2.88 bits per heavy atom. The van der Waals surface area contributed by atoms with Gasteiger partial charge in [-0.1, -0.05) is 6.07 Å². The average Bonchev–Trinajstić information content (AvgIpc) is 2.78. The summed E-state index contributed by atoms with van der Waals surface area (Å²) in [5.74, 6) is -0.139. The maximum atomic E-state index is 13.5. The van der Waals surface area contributed by atoms with E-state index in [2.05, 4.69) is 5.10 Å². The molecule has 0 amide bonds. The van der Waals surface area contributed by atoms with E-state index in [1.54, 1.807) is 23.0 Å². The second-order valence-corrected chi connectivity index (χ2v) is 3.63. The van der Waals surface area contributed by atoms with Crippen molar-refractivity contribution in [3.8, 4) is 16.9 Å². The fourth-order valence-corrected chi connectivity index (χ4v) is 1.61. The van der Waals surface area contributed by atoms with Gasteiger partial charge in [-0.25, -0.2) is 4.39 Å². The Morgan fingerprint density at radius 2 is 2.24 bits per heavy atom. The van der Waals surface area contributed by atoms with Crippen LogP contribution < -0.4 is 10.5 Å². The van der Waals surface area contributed by atoms with E-state index >= 15 is 0 Å². The molecule has 0 aliphatic rings. The average molecular weight is 235 g/mol. The first-order valence-corrected chi connectivity index (χ1v) is 5.31. The van der Waals surface area contributed by atoms with Crippen LogP contribution in [0.2, 0.25) is 0 Å². The van der Waals surface area contributed by atoms with Crippen LogP contribution in [0.3, 0.4) is 0 Å². The zero-order valence-corrected chi connectivity index (χ0v) is 9.56. The van der Waals surface area contributed by atoms with Gasteiger partial charge in [0.05, 0.1) is 19.9 Å². The molecule has 0 radical (unpaired) electrons. The molecule has 0 aliphatic heterocycles. The smallest absolute Gasteiger partial charge is 0.165 e. The van der Waals surface area contributed by atoms with Gasteiger partial charge in [0.25, 0.3) is 0 Å². The quantitative estimate of drug-likeness (QED) is 0.876. The first-order valence-electron chi connectivity index (χ1n) is 5.31. The molecule has 5 heteroatoms. The number of benzene rings is 1. The van der Waals surface area contributed by atoms with Gasteiger partial charge in [-0.05, 0) is 17.7 Å². The van der Waals surface area contributed by atoms with Crippen molar-refractivity contribution >= 4 is 0 Å². The third kappa shape index (κ3) is 2.45. The number of halogens is 1. The Kier molecular flexibility index (Phi) is 3.39. The van der Waals surface area contributed by atoms with Crippen LogP contribution in [0.15, 0.2) is 30.6 Å². The monoisotopic (exact) mass is 235 g/mol. The number of ether oxygens (including phenoxy) is 1. The van der Waals surface area contributed by atoms with Crippen LogP contribution in [0.5, 0.6) is 5.75 Å². The van der Waals surface area contributed by atoms with Crippen molar-refractivity contribution in [2.75, 3.05) is 13.7 Å². The van der Waals surface area contributed by atoms with E-state index in [1.165, 1.54) is 13.2 Å². The molecule has 90 valence electrons. The van der Waals surface area contributed by atoms with Crippen molar-refractivity contribution < 1.29 is 9.13 Å². The molecule has 0 atom stereocenters. The van der Waals surface area contributed by atoms with Gasteiger partial charge >= 0.3 is 0 Å². The van der Waals surface area contributed by atoms with Crippen LogP contribution in [0.1, 0.15) is 0 Å². The summed E-state index contributed by atoms with van der Waals surface area (Å²) < 4.78 is 20.1. The Bertz CT molecular complexity index is 510. The highest BCUT2D eigenvalue weighted by atomic mass is 19.1. The van der Waals surface area contributed by atoms with Gasteiger partial charge in [-0.3, -0.25) is 4.68 Å². The fraction of sp³-hybridized carbons (Fsp3) is 0.250. The van der Waals surface area contributed by atoms with E-state index < -0.39 is 0 Å². The van der Waals surface area contributed by atoms with Crippen LogP contribution >= 0.6 is 0 Å². The molecule has 4 nitrogen and oxygen atoms in total. The number of methoxy groups -OCH3 is 1. The van der Waals surface area contributed by atoms with Gasteiger partial charge in [0.2, 0.25) is 0 Å². The first-order chi connectivity index (χ1) is 8.24. The molecule has 2 aromatic rings. The van der Waals surface area contributed by atoms with Gasteiger partial charge in [0.1, 0.15) is 0 Å². The Morgan fingerprint density at radius 1 is 1.41 bits per heavy atom. The summed E-state index contributed by atoms with van der Waals surface area (Å²) in [4.78, 5) is 0. The molecule has 0 spiro atoms. The van der Waals surface area contributed by atoms with Crippen LogP contribution in [0, 0.1) is 5.82 Å². The molecule has 1 heterocycles. The highest BCUT2D eigenvalue weighted by Gasteiger charge is 2.06. The SMILES string of the molecule is COc1ccc(-c2cnn(CCN)c2)cc1F. The van der Waals surface area contributed by atoms with Gasteiger partial charge in [-0.2, -0.15) is 5.10 Å². The number of nitrogens with zero attached hydrogens (tertiary/aromatic N) is 2. The molecule has 1 aromatic heterocycles. The number of hydrogen-bond donors (Lipinski definition) is 1. The number of hydrogen-bond acceptors (Lipinski definition) is 3. The molecule has 17 heavy (non-hydrogen) atoms. The highest BCUT2D eigenvalue weighted by Crippen LogP contribution is 2.24. The third-order valence-electron chi connectivity index (χ3n) is 2.48. The maximum Gasteiger partial charge on any atom is 0.165 e. The minimum Gasteiger partial charge on any atom is -0.494 e. The normalized spacial score (nSPS) is 10.5. The summed E-state index contributed by atoms with van der Waals surface area (Å²) >= 11 is 0. The molecular formula is C12H14FN3O. The largest absolute Gasteiger partial charge is 0.494 e. The van der Waals surface area contributed by atoms with E-state index in [0.29, 0.717) is 13.1 Å². The Hall–Kier alpha value is -1.88. The molecule has 0 aliphatic carbocycles. The second kappa shape index (κ2) is 4.97. The van der Waals surface area contributed by atoms with Crippen LogP contribution in [0.25, 0.3) is 11.1 Å². The molecule has 2 N–H and O–H groups in total. The maximum absolute atomic E-state index is 13.5. The third-order valence-corrected chi connectivity index (χ3v) is 2.48. The summed E-state index contributed by atoms with van der Waals surface area (Å²) in [6.45, 7) is 1.18. The van der Waals surface area contributed by atoms with E-state index in [0.717, 1.165) is 11.1 Å². The molecule has 1 aromatic carbocycles. The van der Waals surface area contributed by atoms with Crippen molar-refractivity contribution in [2.24, 2.45) is 5.73 Å². The molecular weight excluding hydrogens is 221 g/mol. The van der Waals surface area contributed by atoms with Crippen molar-refractivity contribution in [2.45, 2.75) is 6.54 Å². The van der Waals surface area contributed by atoms with Gasteiger partial charge < -0.3 is 10.5 Å². The van der Waals surface area contributed by atoms with Crippen molar-refractivity contribution in [3.63, 3.8) is 0 Å². The van der Waals surface area contributed by atoms with Crippen molar-refractivity contribution in [3.05, 3.63) is 36.4 Å². The lowest BCUT2D eigenvalue weighted by Gasteiger charge is -2.03. The molecule has 0 fully saturated rings. The zero-order valence-electron chi connectivity index (χ0n) is 9.56. The highest BCUT2D eigenvalue weighted by molar-refractivity contribution is 5.62. The van der Waals surface area contributed by atoms with Crippen LogP contribution in [0.4, 0.5) is 4.39 Å². The Labute approximate surface area is 98.8 Å². The van der Waals surface area contributed by atoms with Gasteiger partial charge in [0.15, 0.2) is 11.6 Å². The van der Waals surface area contributed by atoms with Crippen LogP contribution in [-0.4, -0.2) is 23.4 Å². The summed E-state index contributed by atoms with van der Waals surface area (Å²) in [7, 11) is 1.44. The summed E-state index contributed by atoms with van der Waals surface area (Å²) in [5, 5.41) is 4.14. The lowest BCUT2D eigenvalue weighted by Crippen LogP contribution is -2.09. The van der Waals surface area contributed by atoms with Crippen LogP contribution in [-0.2, 0) is 6.54 Å². The molecule has 2 rings (SSSR count). The van der Waals surface area contributed by atoms with E-state index in [-0.39, 0.29) is 11.6 Å². The van der Waals surface area contributed by atoms with Crippen molar-refractivity contribution in [1.29, 1.82) is 0 Å². The molecule has 0 bridgehead atoms. The Balaban J connectivity index is 2.29. The predicted octanol–water partition coefficient (Wildman–Crippen LogP) is 1.66. The van der Waals surface area contributed by atoms with E-state index in [9.17, 15) is 4.39 Å². The standard InChI is InChI=1S/C12H14FN3O/c1-17-12-3-2-9(6-11(12)13)10-7-15-16(8-10)5-4-14/h2-3,6-8H,4-5,14H2,1H3. The van der Waals surface area contributed by atoms with Gasteiger partial charge in [0, 0.05) is 18.3 Å². The zero-order chi connectivity index (χ0) is 12.3. The van der Waals surface area contributed by atoms with E-state index in [1.807, 2.05) is 6.20 Å². The molecule has 0 unspecified atom stereocenters. The number of aromatic nitrogens is 2. The van der Waals surface area contributed by atoms with Crippen molar-refractivity contribution in [1.82, 2.24) is 9.78 Å². The minimum atomic E-state index is -0.378. The lowest BCUT2D eigenvalue weighted by atomic mass is 10.1. The first kappa shape index (κ1) is 11.6. The topological polar surface area (TPSA) is 53.1 Å². The second-order valence-electron chi connectivity index (χ2n) is 3.63. The van der Waals surface area contributed by atoms with E-state index in [4.69, 9.17) is 10.5 Å². The summed E-state index contributed by atoms with van der Waals surface area (Å²) in [6, 6.07) is 4.83. The summed E-state index contributed by atoms with van der Waals surface area (Å²) in [5.41, 5.74) is 7.06. The molecule has 0 saturated heterocycles. The lowest BCUT2D eigenvalue weighted by molar-refractivity contribution is 0.386. The summed E-state index contributed by atoms with van der Waals surface area (Å²) in [6.07, 6.45) is 3.53. The fourth-order valence-electron chi connectivity index (χ4n) is 1.61. The number of nitrogens with two attached hydrogens (primary N) is 1. The predicted molar refractivity (Wildman–Crippen MR) is 63.2 cm³/mol. The molecule has 0 saturated carbocycles. The minimum absolute atomic E-state index is 0.239. The van der Waals surface area contributed by atoms with Gasteiger partial charge in [-0.15, -0.1) is 0 Å². The number of rotatable bonds is 4.